The molecule has 2 heterocycles. The van der Waals surface area contributed by atoms with E-state index in [-0.39, 0.29) is 18.3 Å². The summed E-state index contributed by atoms with van der Waals surface area (Å²) in [7, 11) is 1.65. The van der Waals surface area contributed by atoms with Crippen LogP contribution in [0.5, 0.6) is 5.75 Å². The number of carbonyl (C=O) groups is 1. The molecule has 0 atom stereocenters. The number of piperidine rings is 1. The van der Waals surface area contributed by atoms with Crippen LogP contribution in [0.15, 0.2) is 18.3 Å². The van der Waals surface area contributed by atoms with Crippen LogP contribution < -0.4 is 4.74 Å². The lowest BCUT2D eigenvalue weighted by molar-refractivity contribution is -0.178. The fourth-order valence-electron chi connectivity index (χ4n) is 5.18. The number of methoxy groups -OCH3 is 1. The molecule has 5 nitrogen and oxygen atoms in total. The van der Waals surface area contributed by atoms with Crippen molar-refractivity contribution in [2.75, 3.05) is 20.2 Å². The van der Waals surface area contributed by atoms with Crippen molar-refractivity contribution in [3.63, 3.8) is 0 Å². The van der Waals surface area contributed by atoms with Crippen molar-refractivity contribution in [3.8, 4) is 5.75 Å². The van der Waals surface area contributed by atoms with E-state index in [1.807, 2.05) is 39.8 Å². The summed E-state index contributed by atoms with van der Waals surface area (Å²) in [5.41, 5.74) is 2.00. The zero-order valence-corrected chi connectivity index (χ0v) is 19.1. The minimum absolute atomic E-state index is 0.0324. The number of carbonyl (C=O) groups excluding carboxylic acids is 1. The predicted molar refractivity (Wildman–Crippen MR) is 116 cm³/mol. The first kappa shape index (κ1) is 22.1. The van der Waals surface area contributed by atoms with Crippen LogP contribution in [-0.2, 0) is 11.3 Å². The molecule has 1 aliphatic carbocycles. The van der Waals surface area contributed by atoms with Crippen molar-refractivity contribution in [2.45, 2.75) is 71.4 Å². The highest BCUT2D eigenvalue weighted by atomic mass is 19.3. The van der Waals surface area contributed by atoms with Crippen molar-refractivity contribution in [1.82, 2.24) is 9.47 Å². The van der Waals surface area contributed by atoms with E-state index in [1.54, 1.807) is 17.9 Å². The fourth-order valence-corrected chi connectivity index (χ4v) is 5.18. The molecule has 2 aliphatic rings. The van der Waals surface area contributed by atoms with Crippen molar-refractivity contribution in [3.05, 3.63) is 29.5 Å². The van der Waals surface area contributed by atoms with Gasteiger partial charge in [0.15, 0.2) is 0 Å². The van der Waals surface area contributed by atoms with Gasteiger partial charge in [-0.3, -0.25) is 9.47 Å². The smallest absolute Gasteiger partial charge is 0.419 e. The number of likely N-dealkylation sites (tertiary alicyclic amines) is 1. The average Bonchev–Trinajstić information content (AvgIpc) is 3.08. The molecule has 0 N–H and O–H groups in total. The van der Waals surface area contributed by atoms with Crippen LogP contribution in [-0.4, -0.2) is 47.3 Å². The van der Waals surface area contributed by atoms with Crippen molar-refractivity contribution in [1.29, 1.82) is 0 Å². The molecule has 1 saturated heterocycles. The van der Waals surface area contributed by atoms with Crippen LogP contribution in [0.3, 0.4) is 0 Å². The quantitative estimate of drug-likeness (QED) is 0.617. The SMILES string of the molecule is COc1cc(C)c2c(ccn2C(=O)OC(C)(C)C)c1CN1CCC2(CC1)CC(F)(F)C2. The van der Waals surface area contributed by atoms with Crippen LogP contribution in [0.1, 0.15) is 57.6 Å². The van der Waals surface area contributed by atoms with Crippen LogP contribution in [0.25, 0.3) is 10.9 Å². The molecule has 2 aromatic rings. The van der Waals surface area contributed by atoms with Gasteiger partial charge in [0.25, 0.3) is 0 Å². The van der Waals surface area contributed by atoms with Gasteiger partial charge in [0.2, 0.25) is 5.92 Å². The Hall–Kier alpha value is -2.15. The molecule has 4 rings (SSSR count). The number of halogens is 2. The number of alkyl halides is 2. The summed E-state index contributed by atoms with van der Waals surface area (Å²) in [5.74, 6) is -1.69. The molecule has 0 bridgehead atoms. The second-order valence-electron chi connectivity index (χ2n) is 10.3. The number of aromatic nitrogens is 1. The van der Waals surface area contributed by atoms with Gasteiger partial charge in [0.1, 0.15) is 11.4 Å². The van der Waals surface area contributed by atoms with Gasteiger partial charge >= 0.3 is 6.09 Å². The third-order valence-corrected chi connectivity index (χ3v) is 6.61. The van der Waals surface area contributed by atoms with Gasteiger partial charge in [-0.05, 0) is 76.7 Å². The molecule has 0 amide bonds. The number of ether oxygens (including phenoxy) is 2. The van der Waals surface area contributed by atoms with Gasteiger partial charge < -0.3 is 9.47 Å². The normalized spacial score (nSPS) is 20.6. The van der Waals surface area contributed by atoms with Gasteiger partial charge in [0, 0.05) is 36.5 Å². The number of benzene rings is 1. The maximum absolute atomic E-state index is 13.4. The molecule has 31 heavy (non-hydrogen) atoms. The molecular weight excluding hydrogens is 402 g/mol. The van der Waals surface area contributed by atoms with E-state index >= 15 is 0 Å². The minimum atomic E-state index is -2.47. The van der Waals surface area contributed by atoms with Crippen molar-refractivity contribution in [2.24, 2.45) is 5.41 Å². The van der Waals surface area contributed by atoms with Crippen molar-refractivity contribution >= 4 is 17.0 Å². The monoisotopic (exact) mass is 434 g/mol. The zero-order valence-electron chi connectivity index (χ0n) is 19.1. The Morgan fingerprint density at radius 2 is 1.84 bits per heavy atom. The maximum atomic E-state index is 13.4. The summed E-state index contributed by atoms with van der Waals surface area (Å²) in [5, 5.41) is 0.957. The van der Waals surface area contributed by atoms with Crippen LogP contribution >= 0.6 is 0 Å². The molecule has 1 aromatic carbocycles. The first-order chi connectivity index (χ1) is 14.4. The molecule has 1 aliphatic heterocycles. The number of rotatable bonds is 3. The summed E-state index contributed by atoms with van der Waals surface area (Å²) in [4.78, 5) is 15.0. The molecular formula is C24H32F2N2O3. The van der Waals surface area contributed by atoms with E-state index in [1.165, 1.54) is 0 Å². The number of nitrogens with zero attached hydrogens (tertiary/aromatic N) is 2. The maximum Gasteiger partial charge on any atom is 0.419 e. The summed E-state index contributed by atoms with van der Waals surface area (Å²) in [6.45, 7) is 9.74. The highest BCUT2D eigenvalue weighted by Gasteiger charge is 2.56. The number of aryl methyl sites for hydroxylation is 1. The zero-order chi connectivity index (χ0) is 22.6. The van der Waals surface area contributed by atoms with E-state index in [0.29, 0.717) is 6.54 Å². The van der Waals surface area contributed by atoms with Gasteiger partial charge in [-0.1, -0.05) is 0 Å². The molecule has 1 saturated carbocycles. The van der Waals surface area contributed by atoms with Crippen LogP contribution in [0.2, 0.25) is 0 Å². The second kappa shape index (κ2) is 7.47. The van der Waals surface area contributed by atoms with Crippen LogP contribution in [0, 0.1) is 12.3 Å². The summed E-state index contributed by atoms with van der Waals surface area (Å²) in [6.07, 6.45) is 3.01. The van der Waals surface area contributed by atoms with Crippen molar-refractivity contribution < 1.29 is 23.0 Å². The lowest BCUT2D eigenvalue weighted by atomic mass is 9.61. The summed E-state index contributed by atoms with van der Waals surface area (Å²) in [6, 6.07) is 3.89. The predicted octanol–water partition coefficient (Wildman–Crippen LogP) is 5.75. The third-order valence-electron chi connectivity index (χ3n) is 6.61. The molecule has 0 unspecified atom stereocenters. The molecule has 0 radical (unpaired) electrons. The van der Waals surface area contributed by atoms with E-state index in [9.17, 15) is 13.6 Å². The fraction of sp³-hybridized carbons (Fsp3) is 0.625. The largest absolute Gasteiger partial charge is 0.496 e. The van der Waals surface area contributed by atoms with Crippen LogP contribution in [0.4, 0.5) is 13.6 Å². The lowest BCUT2D eigenvalue weighted by Gasteiger charge is -2.51. The topological polar surface area (TPSA) is 43.7 Å². The molecule has 1 aromatic heterocycles. The molecule has 2 fully saturated rings. The standard InChI is InChI=1S/C24H32F2N2O3/c1-16-12-19(30-5)18(13-27-10-7-23(8-11-27)14-24(25,26)15-23)17-6-9-28(20(16)17)21(29)31-22(2,3)4/h6,9,12H,7-8,10-11,13-15H2,1-5H3. The molecule has 1 spiro atoms. The lowest BCUT2D eigenvalue weighted by Crippen LogP contribution is -2.52. The van der Waals surface area contributed by atoms with E-state index in [2.05, 4.69) is 4.90 Å². The van der Waals surface area contributed by atoms with E-state index in [4.69, 9.17) is 9.47 Å². The molecule has 7 heteroatoms. The third kappa shape index (κ3) is 4.29. The Labute approximate surface area is 182 Å². The number of hydrogen-bond donors (Lipinski definition) is 0. The molecule has 170 valence electrons. The Morgan fingerprint density at radius 3 is 2.39 bits per heavy atom. The first-order valence-corrected chi connectivity index (χ1v) is 10.9. The minimum Gasteiger partial charge on any atom is -0.496 e. The summed E-state index contributed by atoms with van der Waals surface area (Å²) >= 11 is 0. The Morgan fingerprint density at radius 1 is 1.19 bits per heavy atom. The Kier molecular flexibility index (Phi) is 5.31. The van der Waals surface area contributed by atoms with Gasteiger partial charge in [-0.2, -0.15) is 0 Å². The number of hydrogen-bond acceptors (Lipinski definition) is 4. The highest BCUT2D eigenvalue weighted by Crippen LogP contribution is 2.57. The highest BCUT2D eigenvalue weighted by molar-refractivity contribution is 5.95. The second-order valence-corrected chi connectivity index (χ2v) is 10.3. The average molecular weight is 435 g/mol. The van der Waals surface area contributed by atoms with Gasteiger partial charge in [-0.25, -0.2) is 13.6 Å². The Bertz CT molecular complexity index is 988. The Balaban J connectivity index is 1.59. The van der Waals surface area contributed by atoms with Gasteiger partial charge in [0.05, 0.1) is 12.6 Å². The first-order valence-electron chi connectivity index (χ1n) is 10.9. The van der Waals surface area contributed by atoms with E-state index in [0.717, 1.165) is 53.7 Å². The van der Waals surface area contributed by atoms with E-state index < -0.39 is 17.6 Å². The summed E-state index contributed by atoms with van der Waals surface area (Å²) < 4.78 is 39.6. The van der Waals surface area contributed by atoms with Gasteiger partial charge in [-0.15, -0.1) is 0 Å². The number of fused-ring (bicyclic) bond motifs is 1.